The fourth-order valence-corrected chi connectivity index (χ4v) is 2.21. The zero-order chi connectivity index (χ0) is 11.7. The van der Waals surface area contributed by atoms with Crippen molar-refractivity contribution in [1.29, 1.82) is 0 Å². The van der Waals surface area contributed by atoms with E-state index in [9.17, 15) is 4.39 Å². The first-order valence-corrected chi connectivity index (χ1v) is 5.84. The maximum absolute atomic E-state index is 14.1. The second-order valence-electron chi connectivity index (χ2n) is 4.30. The van der Waals surface area contributed by atoms with Gasteiger partial charge in [-0.3, -0.25) is 4.90 Å². The summed E-state index contributed by atoms with van der Waals surface area (Å²) in [6.07, 6.45) is 0. The van der Waals surface area contributed by atoms with Gasteiger partial charge in [0.05, 0.1) is 0 Å². The van der Waals surface area contributed by atoms with Crippen LogP contribution in [0, 0.1) is 5.82 Å². The van der Waals surface area contributed by atoms with Gasteiger partial charge in [-0.2, -0.15) is 0 Å². The Morgan fingerprint density at radius 3 is 2.88 bits per heavy atom. The molecule has 0 aromatic heterocycles. The van der Waals surface area contributed by atoms with Crippen molar-refractivity contribution < 1.29 is 13.9 Å². The molecule has 0 spiro atoms. The van der Waals surface area contributed by atoms with Crippen LogP contribution < -0.4 is 14.8 Å². The van der Waals surface area contributed by atoms with Crippen molar-refractivity contribution in [3.63, 3.8) is 0 Å². The van der Waals surface area contributed by atoms with Gasteiger partial charge in [0.2, 0.25) is 12.5 Å². The molecular formula is C12H15FN2O2. The van der Waals surface area contributed by atoms with Crippen LogP contribution in [0.5, 0.6) is 11.5 Å². The fourth-order valence-electron chi connectivity index (χ4n) is 2.21. The van der Waals surface area contributed by atoms with Crippen LogP contribution in [0.4, 0.5) is 4.39 Å². The van der Waals surface area contributed by atoms with Gasteiger partial charge in [-0.15, -0.1) is 0 Å². The number of piperazine rings is 1. The second kappa shape index (κ2) is 4.50. The highest BCUT2D eigenvalue weighted by atomic mass is 19.1. The van der Waals surface area contributed by atoms with Gasteiger partial charge >= 0.3 is 0 Å². The summed E-state index contributed by atoms with van der Waals surface area (Å²) in [5.74, 6) is 0.489. The molecule has 4 nitrogen and oxygen atoms in total. The Balaban J connectivity index is 1.78. The van der Waals surface area contributed by atoms with Crippen molar-refractivity contribution in [3.8, 4) is 11.5 Å². The first-order valence-electron chi connectivity index (χ1n) is 5.84. The van der Waals surface area contributed by atoms with Crippen LogP contribution in [0.1, 0.15) is 5.56 Å². The molecule has 2 aliphatic heterocycles. The van der Waals surface area contributed by atoms with Crippen molar-refractivity contribution in [3.05, 3.63) is 23.5 Å². The van der Waals surface area contributed by atoms with Crippen LogP contribution in [0.25, 0.3) is 0 Å². The summed E-state index contributed by atoms with van der Waals surface area (Å²) in [7, 11) is 0. The first-order chi connectivity index (χ1) is 8.34. The highest BCUT2D eigenvalue weighted by molar-refractivity contribution is 5.46. The Labute approximate surface area is 99.3 Å². The van der Waals surface area contributed by atoms with E-state index < -0.39 is 0 Å². The summed E-state index contributed by atoms with van der Waals surface area (Å²) in [5.41, 5.74) is 0.677. The Bertz CT molecular complexity index is 419. The molecule has 92 valence electrons. The van der Waals surface area contributed by atoms with Crippen LogP contribution >= 0.6 is 0 Å². The predicted molar refractivity (Wildman–Crippen MR) is 60.7 cm³/mol. The normalized spacial score (nSPS) is 19.6. The minimum absolute atomic E-state index is 0.114. The average Bonchev–Trinajstić information content (AvgIpc) is 2.83. The molecule has 0 bridgehead atoms. The number of hydrogen-bond donors (Lipinski definition) is 1. The zero-order valence-electron chi connectivity index (χ0n) is 9.54. The van der Waals surface area contributed by atoms with E-state index in [1.54, 1.807) is 12.1 Å². The van der Waals surface area contributed by atoms with Crippen molar-refractivity contribution in [1.82, 2.24) is 10.2 Å². The smallest absolute Gasteiger partial charge is 0.231 e. The summed E-state index contributed by atoms with van der Waals surface area (Å²) in [6.45, 7) is 4.58. The minimum Gasteiger partial charge on any atom is -0.453 e. The number of halogens is 1. The zero-order valence-corrected chi connectivity index (χ0v) is 9.54. The molecule has 1 saturated heterocycles. The summed E-state index contributed by atoms with van der Waals surface area (Å²) in [5, 5.41) is 3.28. The first kappa shape index (κ1) is 10.8. The molecule has 17 heavy (non-hydrogen) atoms. The van der Waals surface area contributed by atoms with Gasteiger partial charge in [-0.25, -0.2) is 4.39 Å². The van der Waals surface area contributed by atoms with Gasteiger partial charge in [-0.05, 0) is 6.07 Å². The minimum atomic E-state index is -0.279. The standard InChI is InChI=1S/C12H15FN2O2/c13-11-9(7-15-5-3-14-4-6-15)1-2-10-12(11)17-8-16-10/h1-2,14H,3-8H2. The maximum Gasteiger partial charge on any atom is 0.231 e. The fraction of sp³-hybridized carbons (Fsp3) is 0.500. The summed E-state index contributed by atoms with van der Waals surface area (Å²) < 4.78 is 24.4. The molecular weight excluding hydrogens is 223 g/mol. The molecule has 0 amide bonds. The van der Waals surface area contributed by atoms with Crippen molar-refractivity contribution in [2.45, 2.75) is 6.54 Å². The van der Waals surface area contributed by atoms with Gasteiger partial charge in [0.25, 0.3) is 0 Å². The van der Waals surface area contributed by atoms with E-state index >= 15 is 0 Å². The molecule has 2 aliphatic rings. The van der Waals surface area contributed by atoms with E-state index in [-0.39, 0.29) is 18.4 Å². The lowest BCUT2D eigenvalue weighted by atomic mass is 10.1. The summed E-state index contributed by atoms with van der Waals surface area (Å²) >= 11 is 0. The molecule has 0 atom stereocenters. The number of rotatable bonds is 2. The van der Waals surface area contributed by atoms with Crippen molar-refractivity contribution >= 4 is 0 Å². The highest BCUT2D eigenvalue weighted by Gasteiger charge is 2.22. The van der Waals surface area contributed by atoms with Crippen molar-refractivity contribution in [2.24, 2.45) is 0 Å². The lowest BCUT2D eigenvalue weighted by molar-refractivity contribution is 0.170. The van der Waals surface area contributed by atoms with E-state index in [4.69, 9.17) is 9.47 Å². The number of fused-ring (bicyclic) bond motifs is 1. The van der Waals surface area contributed by atoms with E-state index in [1.807, 2.05) is 0 Å². The molecule has 3 rings (SSSR count). The third-order valence-corrected chi connectivity index (χ3v) is 3.16. The van der Waals surface area contributed by atoms with Gasteiger partial charge in [0.1, 0.15) is 0 Å². The number of nitrogens with one attached hydrogen (secondary N) is 1. The lowest BCUT2D eigenvalue weighted by Crippen LogP contribution is -2.43. The topological polar surface area (TPSA) is 33.7 Å². The van der Waals surface area contributed by atoms with Crippen molar-refractivity contribution in [2.75, 3.05) is 33.0 Å². The molecule has 0 unspecified atom stereocenters. The Morgan fingerprint density at radius 2 is 2.06 bits per heavy atom. The Kier molecular flexibility index (Phi) is 2.86. The predicted octanol–water partition coefficient (Wildman–Crippen LogP) is 0.960. The molecule has 0 radical (unpaired) electrons. The van der Waals surface area contributed by atoms with E-state index in [1.165, 1.54) is 0 Å². The second-order valence-corrected chi connectivity index (χ2v) is 4.30. The Morgan fingerprint density at radius 1 is 1.24 bits per heavy atom. The van der Waals surface area contributed by atoms with Gasteiger partial charge < -0.3 is 14.8 Å². The number of hydrogen-bond acceptors (Lipinski definition) is 4. The lowest BCUT2D eigenvalue weighted by Gasteiger charge is -2.27. The molecule has 0 saturated carbocycles. The Hall–Kier alpha value is -1.33. The number of nitrogens with zero attached hydrogens (tertiary/aromatic N) is 1. The highest BCUT2D eigenvalue weighted by Crippen LogP contribution is 2.36. The molecule has 1 aromatic carbocycles. The van der Waals surface area contributed by atoms with Crippen LogP contribution in [0.2, 0.25) is 0 Å². The van der Waals surface area contributed by atoms with Gasteiger partial charge in [-0.1, -0.05) is 6.07 Å². The quantitative estimate of drug-likeness (QED) is 0.832. The third kappa shape index (κ3) is 2.08. The molecule has 0 aliphatic carbocycles. The third-order valence-electron chi connectivity index (χ3n) is 3.16. The average molecular weight is 238 g/mol. The summed E-state index contributed by atoms with van der Waals surface area (Å²) in [6, 6.07) is 3.56. The molecule has 2 heterocycles. The van der Waals surface area contributed by atoms with Crippen LogP contribution in [0.15, 0.2) is 12.1 Å². The van der Waals surface area contributed by atoms with E-state index in [0.29, 0.717) is 17.9 Å². The maximum atomic E-state index is 14.1. The number of benzene rings is 1. The molecule has 1 N–H and O–H groups in total. The largest absolute Gasteiger partial charge is 0.453 e. The van der Waals surface area contributed by atoms with E-state index in [2.05, 4.69) is 10.2 Å². The van der Waals surface area contributed by atoms with Crippen LogP contribution in [-0.2, 0) is 6.54 Å². The van der Waals surface area contributed by atoms with Gasteiger partial charge in [0, 0.05) is 38.3 Å². The number of ether oxygens (including phenoxy) is 2. The molecule has 1 fully saturated rings. The van der Waals surface area contributed by atoms with Crippen LogP contribution in [0.3, 0.4) is 0 Å². The molecule has 5 heteroatoms. The van der Waals surface area contributed by atoms with Crippen LogP contribution in [-0.4, -0.2) is 37.9 Å². The monoisotopic (exact) mass is 238 g/mol. The SMILES string of the molecule is Fc1c(CN2CCNCC2)ccc2c1OCO2. The molecule has 1 aromatic rings. The van der Waals surface area contributed by atoms with Gasteiger partial charge in [0.15, 0.2) is 11.6 Å². The van der Waals surface area contributed by atoms with E-state index in [0.717, 1.165) is 26.2 Å². The summed E-state index contributed by atoms with van der Waals surface area (Å²) in [4.78, 5) is 2.23.